The lowest BCUT2D eigenvalue weighted by Crippen LogP contribution is -2.43. The van der Waals surface area contributed by atoms with Gasteiger partial charge in [0.1, 0.15) is 0 Å². The summed E-state index contributed by atoms with van der Waals surface area (Å²) in [5.74, 6) is 0. The van der Waals surface area contributed by atoms with Crippen molar-refractivity contribution in [3.63, 3.8) is 0 Å². The molecule has 1 aliphatic rings. The van der Waals surface area contributed by atoms with Crippen LogP contribution < -0.4 is 5.73 Å². The number of nitrogens with zero attached hydrogens (tertiary/aromatic N) is 2. The first-order valence-corrected chi connectivity index (χ1v) is 10.0. The minimum absolute atomic E-state index is 0.111. The van der Waals surface area contributed by atoms with E-state index in [2.05, 4.69) is 47.4 Å². The van der Waals surface area contributed by atoms with Crippen LogP contribution in [0, 0.1) is 0 Å². The molecule has 3 N–H and O–H groups in total. The number of benzene rings is 2. The fraction of sp³-hybridized carbons (Fsp3) is 0.200. The molecule has 0 aliphatic heterocycles. The summed E-state index contributed by atoms with van der Waals surface area (Å²) in [6, 6.07) is 22.7. The molecule has 2 heterocycles. The molecular formula is C25H23N3O. The highest BCUT2D eigenvalue weighted by Gasteiger charge is 2.34. The van der Waals surface area contributed by atoms with Crippen molar-refractivity contribution in [1.82, 2.24) is 9.97 Å². The number of nitrogens with two attached hydrogens (primary N) is 1. The number of rotatable bonds is 4. The number of aromatic nitrogens is 2. The second-order valence-electron chi connectivity index (χ2n) is 7.82. The highest BCUT2D eigenvalue weighted by atomic mass is 16.3. The van der Waals surface area contributed by atoms with Crippen LogP contribution in [0.5, 0.6) is 0 Å². The Morgan fingerprint density at radius 2 is 1.69 bits per heavy atom. The molecular weight excluding hydrogens is 358 g/mol. The zero-order valence-corrected chi connectivity index (χ0v) is 16.2. The van der Waals surface area contributed by atoms with Gasteiger partial charge in [-0.15, -0.1) is 0 Å². The van der Waals surface area contributed by atoms with E-state index in [0.717, 1.165) is 46.1 Å². The molecule has 1 aliphatic carbocycles. The second-order valence-corrected chi connectivity index (χ2v) is 7.82. The number of fused-ring (bicyclic) bond motifs is 1. The Morgan fingerprint density at radius 3 is 2.34 bits per heavy atom. The van der Waals surface area contributed by atoms with Crippen molar-refractivity contribution < 1.29 is 5.11 Å². The molecule has 2 aromatic heterocycles. The predicted octanol–water partition coefficient (Wildman–Crippen LogP) is 4.79. The van der Waals surface area contributed by atoms with Gasteiger partial charge in [0, 0.05) is 28.2 Å². The van der Waals surface area contributed by atoms with Gasteiger partial charge in [-0.2, -0.15) is 0 Å². The molecule has 144 valence electrons. The summed E-state index contributed by atoms with van der Waals surface area (Å²) in [5.41, 5.74) is 13.1. The zero-order chi connectivity index (χ0) is 19.8. The van der Waals surface area contributed by atoms with Crippen LogP contribution in [0.15, 0.2) is 72.9 Å². The van der Waals surface area contributed by atoms with Gasteiger partial charge in [-0.25, -0.2) is 4.98 Å². The molecule has 4 aromatic rings. The average Bonchev–Trinajstić information content (AvgIpc) is 2.77. The van der Waals surface area contributed by atoms with E-state index in [1.165, 1.54) is 12.0 Å². The Bertz CT molecular complexity index is 1170. The number of aliphatic hydroxyl groups excluding tert-OH is 1. The van der Waals surface area contributed by atoms with Crippen LogP contribution in [0.4, 0.5) is 0 Å². The maximum Gasteiger partial charge on any atom is 0.0859 e. The number of hydrogen-bond acceptors (Lipinski definition) is 4. The van der Waals surface area contributed by atoms with E-state index in [1.807, 2.05) is 24.3 Å². The minimum Gasteiger partial charge on any atom is -0.390 e. The van der Waals surface area contributed by atoms with Gasteiger partial charge in [0.05, 0.1) is 23.5 Å². The van der Waals surface area contributed by atoms with Crippen LogP contribution in [-0.2, 0) is 12.1 Å². The third kappa shape index (κ3) is 3.11. The van der Waals surface area contributed by atoms with Gasteiger partial charge in [0.2, 0.25) is 0 Å². The summed E-state index contributed by atoms with van der Waals surface area (Å²) < 4.78 is 0. The smallest absolute Gasteiger partial charge is 0.0859 e. The first-order valence-electron chi connectivity index (χ1n) is 10.0. The van der Waals surface area contributed by atoms with Crippen LogP contribution in [0.2, 0.25) is 0 Å². The lowest BCUT2D eigenvalue weighted by molar-refractivity contribution is 0.253. The molecule has 29 heavy (non-hydrogen) atoms. The third-order valence-electron chi connectivity index (χ3n) is 6.04. The predicted molar refractivity (Wildman–Crippen MR) is 116 cm³/mol. The van der Waals surface area contributed by atoms with Crippen molar-refractivity contribution in [3.8, 4) is 22.4 Å². The van der Waals surface area contributed by atoms with Gasteiger partial charge in [0.25, 0.3) is 0 Å². The second kappa shape index (κ2) is 7.07. The molecule has 1 saturated carbocycles. The molecule has 4 nitrogen and oxygen atoms in total. The van der Waals surface area contributed by atoms with Crippen LogP contribution in [0.1, 0.15) is 30.5 Å². The Morgan fingerprint density at radius 1 is 0.931 bits per heavy atom. The van der Waals surface area contributed by atoms with E-state index in [0.29, 0.717) is 5.69 Å². The van der Waals surface area contributed by atoms with E-state index in [9.17, 15) is 5.11 Å². The van der Waals surface area contributed by atoms with Crippen LogP contribution in [0.25, 0.3) is 33.3 Å². The van der Waals surface area contributed by atoms with Crippen molar-refractivity contribution in [2.75, 3.05) is 0 Å². The third-order valence-corrected chi connectivity index (χ3v) is 6.04. The summed E-state index contributed by atoms with van der Waals surface area (Å²) in [4.78, 5) is 9.29. The molecule has 0 atom stereocenters. The molecule has 4 heteroatoms. The molecule has 0 amide bonds. The van der Waals surface area contributed by atoms with Crippen molar-refractivity contribution in [2.45, 2.75) is 31.4 Å². The molecule has 0 bridgehead atoms. The van der Waals surface area contributed by atoms with E-state index in [4.69, 9.17) is 10.7 Å². The molecule has 0 radical (unpaired) electrons. The number of hydrogen-bond donors (Lipinski definition) is 2. The molecule has 2 aromatic carbocycles. The Hall–Kier alpha value is -3.08. The Labute approximate surface area is 170 Å². The fourth-order valence-electron chi connectivity index (χ4n) is 4.14. The summed E-state index contributed by atoms with van der Waals surface area (Å²) >= 11 is 0. The first-order chi connectivity index (χ1) is 14.2. The first kappa shape index (κ1) is 18.0. The van der Waals surface area contributed by atoms with Crippen LogP contribution in [0.3, 0.4) is 0 Å². The SMILES string of the molecule is NC1(c2ccc(-c3nc4ccnc(CO)c4cc3-c3ccccc3)cc2)CCC1. The molecule has 5 rings (SSSR count). The minimum atomic E-state index is -0.167. The molecule has 0 unspecified atom stereocenters. The van der Waals surface area contributed by atoms with Gasteiger partial charge < -0.3 is 10.8 Å². The highest BCUT2D eigenvalue weighted by Crippen LogP contribution is 2.40. The van der Waals surface area contributed by atoms with Crippen LogP contribution >= 0.6 is 0 Å². The van der Waals surface area contributed by atoms with E-state index < -0.39 is 0 Å². The number of aliphatic hydroxyl groups is 1. The average molecular weight is 381 g/mol. The lowest BCUT2D eigenvalue weighted by Gasteiger charge is -2.38. The summed E-state index contributed by atoms with van der Waals surface area (Å²) in [6.07, 6.45) is 4.99. The monoisotopic (exact) mass is 381 g/mol. The molecule has 0 spiro atoms. The van der Waals surface area contributed by atoms with Crippen molar-refractivity contribution in [3.05, 3.63) is 84.2 Å². The van der Waals surface area contributed by atoms with Crippen molar-refractivity contribution in [1.29, 1.82) is 0 Å². The molecule has 1 fully saturated rings. The maximum atomic E-state index is 9.72. The fourth-order valence-corrected chi connectivity index (χ4v) is 4.14. The lowest BCUT2D eigenvalue weighted by atomic mass is 9.72. The Balaban J connectivity index is 1.69. The largest absolute Gasteiger partial charge is 0.390 e. The Kier molecular flexibility index (Phi) is 4.38. The van der Waals surface area contributed by atoms with Gasteiger partial charge >= 0.3 is 0 Å². The number of pyridine rings is 2. The van der Waals surface area contributed by atoms with Gasteiger partial charge in [0.15, 0.2) is 0 Å². The van der Waals surface area contributed by atoms with Gasteiger partial charge in [-0.05, 0) is 42.5 Å². The van der Waals surface area contributed by atoms with E-state index in [1.54, 1.807) is 6.20 Å². The zero-order valence-electron chi connectivity index (χ0n) is 16.2. The normalized spacial score (nSPS) is 15.2. The molecule has 0 saturated heterocycles. The van der Waals surface area contributed by atoms with E-state index in [-0.39, 0.29) is 12.1 Å². The summed E-state index contributed by atoms with van der Waals surface area (Å²) in [6.45, 7) is -0.111. The standard InChI is InChI=1S/C25H23N3O/c26-25(12-4-13-25)19-9-7-18(8-10-19)24-20(17-5-2-1-3-6-17)15-21-22(28-24)11-14-27-23(21)16-29/h1-3,5-11,14-15,29H,4,12-13,16,26H2. The summed E-state index contributed by atoms with van der Waals surface area (Å²) in [7, 11) is 0. The van der Waals surface area contributed by atoms with E-state index >= 15 is 0 Å². The quantitative estimate of drug-likeness (QED) is 0.533. The van der Waals surface area contributed by atoms with Crippen molar-refractivity contribution in [2.24, 2.45) is 5.73 Å². The summed E-state index contributed by atoms with van der Waals surface area (Å²) in [5, 5.41) is 10.6. The van der Waals surface area contributed by atoms with Gasteiger partial charge in [-0.1, -0.05) is 54.6 Å². The van der Waals surface area contributed by atoms with Crippen LogP contribution in [-0.4, -0.2) is 15.1 Å². The highest BCUT2D eigenvalue weighted by molar-refractivity contribution is 5.92. The maximum absolute atomic E-state index is 9.72. The van der Waals surface area contributed by atoms with Gasteiger partial charge in [-0.3, -0.25) is 4.98 Å². The topological polar surface area (TPSA) is 72.0 Å². The van der Waals surface area contributed by atoms with Crippen molar-refractivity contribution >= 4 is 10.9 Å².